The number of hydrogen-bond donors (Lipinski definition) is 1. The minimum Gasteiger partial charge on any atom is -0.487 e. The number of rotatable bonds is 1. The number of nitrogens with two attached hydrogens (primary N) is 1. The molecule has 3 unspecified atom stereocenters. The number of hydrogen-bond acceptors (Lipinski definition) is 2. The van der Waals surface area contributed by atoms with Gasteiger partial charge < -0.3 is 10.5 Å². The highest BCUT2D eigenvalue weighted by Gasteiger charge is 2.46. The van der Waals surface area contributed by atoms with Gasteiger partial charge in [-0.2, -0.15) is 0 Å². The van der Waals surface area contributed by atoms with Gasteiger partial charge in [0, 0.05) is 24.1 Å². The minimum absolute atomic E-state index is 0.0164. The highest BCUT2D eigenvalue weighted by atomic mass is 19.1. The third-order valence-corrected chi connectivity index (χ3v) is 5.42. The molecule has 0 radical (unpaired) electrons. The summed E-state index contributed by atoms with van der Waals surface area (Å²) in [6, 6.07) is 4.76. The first kappa shape index (κ1) is 12.6. The molecular formula is C17H22FNO. The maximum absolute atomic E-state index is 13.5. The standard InChI is InChI=1S/C17H22FNO/c18-13-5-6-14-15(19)10-17(20-16(14)8-13)7-1-2-12(9-17)11-3-4-11/h5-6,8,11-12,15H,1-4,7,9-10,19H2. The third kappa shape index (κ3) is 2.12. The van der Waals surface area contributed by atoms with Crippen LogP contribution in [-0.4, -0.2) is 5.60 Å². The van der Waals surface area contributed by atoms with E-state index < -0.39 is 0 Å². The number of benzene rings is 1. The molecule has 3 aliphatic rings. The highest BCUT2D eigenvalue weighted by molar-refractivity contribution is 5.39. The van der Waals surface area contributed by atoms with Crippen LogP contribution in [0, 0.1) is 17.7 Å². The molecule has 108 valence electrons. The van der Waals surface area contributed by atoms with Crippen molar-refractivity contribution in [3.8, 4) is 5.75 Å². The first-order valence-electron chi connectivity index (χ1n) is 7.89. The zero-order valence-electron chi connectivity index (χ0n) is 11.8. The fourth-order valence-corrected chi connectivity index (χ4v) is 4.31. The predicted octanol–water partition coefficient (Wildman–Crippen LogP) is 3.95. The van der Waals surface area contributed by atoms with E-state index in [1.807, 2.05) is 0 Å². The SMILES string of the molecule is NC1CC2(CCCC(C3CC3)C2)Oc2cc(F)ccc21. The van der Waals surface area contributed by atoms with Crippen LogP contribution in [0.3, 0.4) is 0 Å². The predicted molar refractivity (Wildman–Crippen MR) is 76.0 cm³/mol. The summed E-state index contributed by atoms with van der Waals surface area (Å²) in [7, 11) is 0. The summed E-state index contributed by atoms with van der Waals surface area (Å²) < 4.78 is 19.8. The Hall–Kier alpha value is -1.09. The van der Waals surface area contributed by atoms with Gasteiger partial charge in [-0.25, -0.2) is 4.39 Å². The van der Waals surface area contributed by atoms with Crippen molar-refractivity contribution in [2.24, 2.45) is 17.6 Å². The van der Waals surface area contributed by atoms with E-state index in [4.69, 9.17) is 10.5 Å². The van der Waals surface area contributed by atoms with E-state index in [1.165, 1.54) is 37.8 Å². The molecular weight excluding hydrogens is 253 g/mol. The van der Waals surface area contributed by atoms with Crippen LogP contribution < -0.4 is 10.5 Å². The van der Waals surface area contributed by atoms with Crippen LogP contribution in [0.15, 0.2) is 18.2 Å². The number of halogens is 1. The van der Waals surface area contributed by atoms with Gasteiger partial charge in [0.05, 0.1) is 0 Å². The molecule has 2 aliphatic carbocycles. The normalized spacial score (nSPS) is 36.5. The van der Waals surface area contributed by atoms with Crippen molar-refractivity contribution in [3.05, 3.63) is 29.6 Å². The second-order valence-electron chi connectivity index (χ2n) is 6.97. The van der Waals surface area contributed by atoms with E-state index in [1.54, 1.807) is 6.07 Å². The highest BCUT2D eigenvalue weighted by Crippen LogP contribution is 2.52. The molecule has 4 rings (SSSR count). The van der Waals surface area contributed by atoms with Crippen LogP contribution in [-0.2, 0) is 0 Å². The smallest absolute Gasteiger partial charge is 0.127 e. The Labute approximate surface area is 119 Å². The first-order chi connectivity index (χ1) is 9.65. The van der Waals surface area contributed by atoms with Crippen molar-refractivity contribution in [1.82, 2.24) is 0 Å². The van der Waals surface area contributed by atoms with Crippen molar-refractivity contribution in [2.75, 3.05) is 0 Å². The molecule has 20 heavy (non-hydrogen) atoms. The molecule has 0 amide bonds. The molecule has 1 aliphatic heterocycles. The van der Waals surface area contributed by atoms with Gasteiger partial charge in [0.2, 0.25) is 0 Å². The average molecular weight is 275 g/mol. The Morgan fingerprint density at radius 2 is 2.00 bits per heavy atom. The fraction of sp³-hybridized carbons (Fsp3) is 0.647. The van der Waals surface area contributed by atoms with E-state index in [0.29, 0.717) is 5.75 Å². The maximum atomic E-state index is 13.5. The van der Waals surface area contributed by atoms with Gasteiger partial charge in [-0.15, -0.1) is 0 Å². The Morgan fingerprint density at radius 1 is 1.15 bits per heavy atom. The Morgan fingerprint density at radius 3 is 2.80 bits per heavy atom. The molecule has 1 heterocycles. The second kappa shape index (κ2) is 4.45. The molecule has 0 aromatic heterocycles. The van der Waals surface area contributed by atoms with Gasteiger partial charge in [0.1, 0.15) is 17.2 Å². The van der Waals surface area contributed by atoms with E-state index in [0.717, 1.165) is 36.7 Å². The molecule has 2 saturated carbocycles. The monoisotopic (exact) mass is 275 g/mol. The van der Waals surface area contributed by atoms with Crippen molar-refractivity contribution in [2.45, 2.75) is 56.6 Å². The summed E-state index contributed by atoms with van der Waals surface area (Å²) in [4.78, 5) is 0. The Kier molecular flexibility index (Phi) is 2.81. The van der Waals surface area contributed by atoms with Gasteiger partial charge in [-0.3, -0.25) is 0 Å². The van der Waals surface area contributed by atoms with Gasteiger partial charge in [0.25, 0.3) is 0 Å². The van der Waals surface area contributed by atoms with Crippen LogP contribution in [0.1, 0.15) is 56.6 Å². The molecule has 2 fully saturated rings. The quantitative estimate of drug-likeness (QED) is 0.842. The maximum Gasteiger partial charge on any atom is 0.127 e. The lowest BCUT2D eigenvalue weighted by Gasteiger charge is -2.46. The summed E-state index contributed by atoms with van der Waals surface area (Å²) in [6.45, 7) is 0. The van der Waals surface area contributed by atoms with Crippen molar-refractivity contribution in [1.29, 1.82) is 0 Å². The van der Waals surface area contributed by atoms with Crippen molar-refractivity contribution < 1.29 is 9.13 Å². The average Bonchev–Trinajstić information content (AvgIpc) is 3.22. The first-order valence-corrected chi connectivity index (χ1v) is 7.89. The summed E-state index contributed by atoms with van der Waals surface area (Å²) >= 11 is 0. The Balaban J connectivity index is 1.63. The molecule has 3 atom stereocenters. The summed E-state index contributed by atoms with van der Waals surface area (Å²) in [5.41, 5.74) is 7.17. The molecule has 1 aromatic carbocycles. The van der Waals surface area contributed by atoms with E-state index in [2.05, 4.69) is 0 Å². The minimum atomic E-state index is -0.234. The Bertz CT molecular complexity index is 528. The lowest BCUT2D eigenvalue weighted by atomic mass is 9.71. The second-order valence-corrected chi connectivity index (χ2v) is 6.97. The van der Waals surface area contributed by atoms with Gasteiger partial charge in [-0.05, 0) is 56.4 Å². The molecule has 2 N–H and O–H groups in total. The van der Waals surface area contributed by atoms with Crippen molar-refractivity contribution >= 4 is 0 Å². The van der Waals surface area contributed by atoms with E-state index in [9.17, 15) is 4.39 Å². The van der Waals surface area contributed by atoms with Crippen LogP contribution in [0.4, 0.5) is 4.39 Å². The van der Waals surface area contributed by atoms with Crippen molar-refractivity contribution in [3.63, 3.8) is 0 Å². The molecule has 1 aromatic rings. The van der Waals surface area contributed by atoms with Gasteiger partial charge in [-0.1, -0.05) is 6.07 Å². The van der Waals surface area contributed by atoms with Gasteiger partial charge >= 0.3 is 0 Å². The van der Waals surface area contributed by atoms with Gasteiger partial charge in [0.15, 0.2) is 0 Å². The molecule has 2 nitrogen and oxygen atoms in total. The largest absolute Gasteiger partial charge is 0.487 e. The van der Waals surface area contributed by atoms with Crippen LogP contribution in [0.2, 0.25) is 0 Å². The fourth-order valence-electron chi connectivity index (χ4n) is 4.31. The van der Waals surface area contributed by atoms with Crippen LogP contribution in [0.25, 0.3) is 0 Å². The molecule has 1 spiro atoms. The summed E-state index contributed by atoms with van der Waals surface area (Å²) in [5.74, 6) is 2.16. The summed E-state index contributed by atoms with van der Waals surface area (Å²) in [5, 5.41) is 0. The molecule has 0 bridgehead atoms. The zero-order valence-corrected chi connectivity index (χ0v) is 11.8. The third-order valence-electron chi connectivity index (χ3n) is 5.42. The zero-order chi connectivity index (χ0) is 13.7. The lowest BCUT2D eigenvalue weighted by Crippen LogP contribution is -2.46. The van der Waals surface area contributed by atoms with Crippen LogP contribution >= 0.6 is 0 Å². The van der Waals surface area contributed by atoms with Crippen LogP contribution in [0.5, 0.6) is 5.75 Å². The van der Waals surface area contributed by atoms with E-state index in [-0.39, 0.29) is 17.5 Å². The lowest BCUT2D eigenvalue weighted by molar-refractivity contribution is -0.0209. The number of fused-ring (bicyclic) bond motifs is 1. The topological polar surface area (TPSA) is 35.2 Å². The summed E-state index contributed by atoms with van der Waals surface area (Å²) in [6.07, 6.45) is 8.39. The number of ether oxygens (including phenoxy) is 1. The molecule has 3 heteroatoms. The molecule has 0 saturated heterocycles. The van der Waals surface area contributed by atoms with E-state index >= 15 is 0 Å².